The Kier molecular flexibility index (Phi) is 7.37. The van der Waals surface area contributed by atoms with Gasteiger partial charge in [-0.1, -0.05) is 13.8 Å². The van der Waals surface area contributed by atoms with Gasteiger partial charge in [-0.25, -0.2) is 8.37 Å². The van der Waals surface area contributed by atoms with Crippen LogP contribution in [0, 0.1) is 0 Å². The van der Waals surface area contributed by atoms with Crippen LogP contribution in [0.2, 0.25) is 0 Å². The molecule has 88 valence electrons. The smallest absolute Gasteiger partial charge is 0.344 e. The molecule has 6 heteroatoms. The first-order valence-corrected chi connectivity index (χ1v) is 5.82. The zero-order chi connectivity index (χ0) is 10.5. The monoisotopic (exact) mass is 227 g/mol. The van der Waals surface area contributed by atoms with Crippen LogP contribution in [0.1, 0.15) is 40.5 Å². The molecule has 14 heavy (non-hydrogen) atoms. The quantitative estimate of drug-likeness (QED) is 0.750. The van der Waals surface area contributed by atoms with Crippen molar-refractivity contribution in [2.24, 2.45) is 0 Å². The average Bonchev–Trinajstić information content (AvgIpc) is 2.03. The zero-order valence-electron chi connectivity index (χ0n) is 9.37. The fourth-order valence-corrected chi connectivity index (χ4v) is 1.85. The summed E-state index contributed by atoms with van der Waals surface area (Å²) < 4.78 is 31.6. The van der Waals surface area contributed by atoms with E-state index in [0.717, 1.165) is 0 Å². The normalized spacial score (nSPS) is 12.3. The maximum atomic E-state index is 11.1. The van der Waals surface area contributed by atoms with Gasteiger partial charge in [0.05, 0.1) is 12.2 Å². The van der Waals surface area contributed by atoms with E-state index in [9.17, 15) is 8.42 Å². The second kappa shape index (κ2) is 6.34. The highest BCUT2D eigenvalue weighted by atomic mass is 32.3. The van der Waals surface area contributed by atoms with Crippen molar-refractivity contribution < 1.29 is 16.8 Å². The zero-order valence-corrected chi connectivity index (χ0v) is 10.2. The van der Waals surface area contributed by atoms with E-state index in [2.05, 4.69) is 4.18 Å². The molecule has 0 spiro atoms. The van der Waals surface area contributed by atoms with Crippen molar-refractivity contribution in [3.8, 4) is 0 Å². The topological polar surface area (TPSA) is 87.6 Å². The van der Waals surface area contributed by atoms with Crippen LogP contribution in [0.3, 0.4) is 0 Å². The molecule has 0 aliphatic heterocycles. The predicted octanol–water partition coefficient (Wildman–Crippen LogP) is 2.02. The summed E-state index contributed by atoms with van der Waals surface area (Å²) in [4.78, 5) is 0. The Labute approximate surface area is 86.7 Å². The van der Waals surface area contributed by atoms with E-state index in [1.807, 2.05) is 13.8 Å². The van der Waals surface area contributed by atoms with Crippen molar-refractivity contribution in [1.82, 2.24) is 6.15 Å². The molecule has 5 nitrogen and oxygen atoms in total. The fourth-order valence-electron chi connectivity index (χ4n) is 0.783. The van der Waals surface area contributed by atoms with Gasteiger partial charge in [-0.15, -0.1) is 0 Å². The van der Waals surface area contributed by atoms with E-state index in [0.29, 0.717) is 12.8 Å². The number of hydrogen-bond donors (Lipinski definition) is 1. The first-order valence-electron chi connectivity index (χ1n) is 4.49. The molecular weight excluding hydrogens is 206 g/mol. The fraction of sp³-hybridized carbons (Fsp3) is 1.00. The minimum absolute atomic E-state index is 0. The van der Waals surface area contributed by atoms with E-state index < -0.39 is 16.0 Å². The van der Waals surface area contributed by atoms with Crippen molar-refractivity contribution in [2.75, 3.05) is 6.61 Å². The van der Waals surface area contributed by atoms with Gasteiger partial charge >= 0.3 is 10.4 Å². The van der Waals surface area contributed by atoms with Gasteiger partial charge in [-0.2, -0.15) is 8.42 Å². The molecule has 0 aromatic carbocycles. The van der Waals surface area contributed by atoms with Gasteiger partial charge in [0.2, 0.25) is 0 Å². The van der Waals surface area contributed by atoms with E-state index in [-0.39, 0.29) is 12.8 Å². The molecule has 0 amide bonds. The lowest BCUT2D eigenvalue weighted by Crippen LogP contribution is -2.31. The summed E-state index contributed by atoms with van der Waals surface area (Å²) in [5.41, 5.74) is -0.645. The molecule has 0 atom stereocenters. The molecule has 0 heterocycles. The van der Waals surface area contributed by atoms with Crippen LogP contribution in [0.4, 0.5) is 0 Å². The molecule has 0 unspecified atom stereocenters. The molecule has 0 bridgehead atoms. The summed E-state index contributed by atoms with van der Waals surface area (Å²) in [6.45, 7) is 7.22. The molecule has 0 aliphatic rings. The minimum Gasteiger partial charge on any atom is -0.344 e. The molecule has 0 aliphatic carbocycles. The average molecular weight is 227 g/mol. The Bertz CT molecular complexity index is 234. The Morgan fingerprint density at radius 3 is 1.86 bits per heavy atom. The van der Waals surface area contributed by atoms with Gasteiger partial charge in [0.15, 0.2) is 0 Å². The third kappa shape index (κ3) is 5.54. The summed E-state index contributed by atoms with van der Waals surface area (Å²) in [5.74, 6) is 0. The van der Waals surface area contributed by atoms with Gasteiger partial charge in [-0.3, -0.25) is 0 Å². The molecule has 3 N–H and O–H groups in total. The second-order valence-electron chi connectivity index (χ2n) is 3.06. The van der Waals surface area contributed by atoms with Crippen LogP contribution >= 0.6 is 0 Å². The van der Waals surface area contributed by atoms with Crippen LogP contribution in [-0.4, -0.2) is 20.6 Å². The van der Waals surface area contributed by atoms with Gasteiger partial charge in [0.1, 0.15) is 0 Å². The molecule has 0 aromatic rings. The third-order valence-electron chi connectivity index (χ3n) is 2.06. The summed E-state index contributed by atoms with van der Waals surface area (Å²) >= 11 is 0. The predicted molar refractivity (Wildman–Crippen MR) is 55.6 cm³/mol. The summed E-state index contributed by atoms with van der Waals surface area (Å²) in [5, 5.41) is 0. The number of rotatable bonds is 6. The van der Waals surface area contributed by atoms with Crippen LogP contribution in [0.25, 0.3) is 0 Å². The highest BCUT2D eigenvalue weighted by molar-refractivity contribution is 7.81. The van der Waals surface area contributed by atoms with Crippen molar-refractivity contribution >= 4 is 10.4 Å². The molecule has 0 aromatic heterocycles. The highest BCUT2D eigenvalue weighted by Crippen LogP contribution is 2.22. The van der Waals surface area contributed by atoms with Crippen LogP contribution in [0.5, 0.6) is 0 Å². The summed E-state index contributed by atoms with van der Waals surface area (Å²) in [6.07, 6.45) is 1.27. The summed E-state index contributed by atoms with van der Waals surface area (Å²) in [7, 11) is -3.81. The van der Waals surface area contributed by atoms with E-state index >= 15 is 0 Å². The van der Waals surface area contributed by atoms with Gasteiger partial charge in [0, 0.05) is 0 Å². The Morgan fingerprint density at radius 2 is 1.57 bits per heavy atom. The van der Waals surface area contributed by atoms with E-state index in [1.165, 1.54) is 0 Å². The maximum absolute atomic E-state index is 11.1. The van der Waals surface area contributed by atoms with Crippen LogP contribution in [-0.2, 0) is 18.8 Å². The second-order valence-corrected chi connectivity index (χ2v) is 4.27. The third-order valence-corrected chi connectivity index (χ3v) is 3.19. The lowest BCUT2D eigenvalue weighted by molar-refractivity contribution is 0.0639. The Balaban J connectivity index is 0. The van der Waals surface area contributed by atoms with Crippen LogP contribution in [0.15, 0.2) is 0 Å². The molecule has 0 fully saturated rings. The van der Waals surface area contributed by atoms with Crippen molar-refractivity contribution in [3.05, 3.63) is 0 Å². The van der Waals surface area contributed by atoms with Gasteiger partial charge in [-0.05, 0) is 26.7 Å². The Morgan fingerprint density at radius 1 is 1.14 bits per heavy atom. The molecule has 0 saturated heterocycles. The molecule has 0 saturated carbocycles. The first-order chi connectivity index (χ1) is 5.89. The standard InChI is InChI=1S/C8H18O4S.H3N/c1-5-8(4,6-2)12-13(9,10)11-7-3;/h5-7H2,1-4H3;1H3. The molecule has 0 rings (SSSR count). The SMILES string of the molecule is CCOS(=O)(=O)OC(C)(CC)CC.N. The van der Waals surface area contributed by atoms with Crippen LogP contribution < -0.4 is 6.15 Å². The first kappa shape index (κ1) is 16.3. The van der Waals surface area contributed by atoms with Gasteiger partial charge < -0.3 is 6.15 Å². The highest BCUT2D eigenvalue weighted by Gasteiger charge is 2.28. The summed E-state index contributed by atoms with van der Waals surface area (Å²) in [6, 6.07) is 0. The molecular formula is C8H21NO4S. The van der Waals surface area contributed by atoms with Gasteiger partial charge in [0.25, 0.3) is 0 Å². The number of hydrogen-bond acceptors (Lipinski definition) is 5. The van der Waals surface area contributed by atoms with E-state index in [1.54, 1.807) is 13.8 Å². The van der Waals surface area contributed by atoms with Crippen molar-refractivity contribution in [1.29, 1.82) is 0 Å². The molecule has 0 radical (unpaired) electrons. The maximum Gasteiger partial charge on any atom is 0.400 e. The van der Waals surface area contributed by atoms with E-state index in [4.69, 9.17) is 4.18 Å². The minimum atomic E-state index is -3.81. The van der Waals surface area contributed by atoms with Crippen molar-refractivity contribution in [2.45, 2.75) is 46.1 Å². The Hall–Kier alpha value is -0.170. The largest absolute Gasteiger partial charge is 0.400 e. The lowest BCUT2D eigenvalue weighted by Gasteiger charge is -2.25. The lowest BCUT2D eigenvalue weighted by atomic mass is 10.0. The van der Waals surface area contributed by atoms with Crippen molar-refractivity contribution in [3.63, 3.8) is 0 Å².